The lowest BCUT2D eigenvalue weighted by atomic mass is 10.0. The molecular weight excluding hydrogens is 412 g/mol. The molecule has 3 rings (SSSR count). The highest BCUT2D eigenvalue weighted by molar-refractivity contribution is 6.30. The van der Waals surface area contributed by atoms with Crippen molar-refractivity contribution >= 4 is 17.4 Å². The number of rotatable bonds is 10. The summed E-state index contributed by atoms with van der Waals surface area (Å²) in [6.45, 7) is 11.5. The van der Waals surface area contributed by atoms with Gasteiger partial charge in [-0.1, -0.05) is 37.1 Å². The number of aliphatic hydroxyl groups is 1. The van der Waals surface area contributed by atoms with Gasteiger partial charge in [-0.05, 0) is 38.0 Å². The second kappa shape index (κ2) is 11.8. The minimum absolute atomic E-state index is 0.412. The molecule has 1 atom stereocenters. The Morgan fingerprint density at radius 1 is 1.10 bits per heavy atom. The molecule has 6 nitrogen and oxygen atoms in total. The summed E-state index contributed by atoms with van der Waals surface area (Å²) in [5.41, 5.74) is 3.40. The van der Waals surface area contributed by atoms with E-state index < -0.39 is 6.10 Å². The second-order valence-corrected chi connectivity index (χ2v) is 8.77. The molecule has 2 aromatic rings. The van der Waals surface area contributed by atoms with E-state index in [4.69, 9.17) is 21.3 Å². The van der Waals surface area contributed by atoms with E-state index >= 15 is 0 Å². The zero-order valence-electron chi connectivity index (χ0n) is 19.0. The Kier molecular flexibility index (Phi) is 9.08. The molecule has 1 N–H and O–H groups in total. The van der Waals surface area contributed by atoms with E-state index in [9.17, 15) is 5.11 Å². The predicted molar refractivity (Wildman–Crippen MR) is 126 cm³/mol. The summed E-state index contributed by atoms with van der Waals surface area (Å²) < 4.78 is 5.56. The van der Waals surface area contributed by atoms with Gasteiger partial charge in [0.2, 0.25) is 0 Å². The number of aryl methyl sites for hydroxylation is 2. The van der Waals surface area contributed by atoms with Gasteiger partial charge in [-0.25, -0.2) is 9.97 Å². The average molecular weight is 447 g/mol. The van der Waals surface area contributed by atoms with Crippen molar-refractivity contribution in [2.24, 2.45) is 0 Å². The smallest absolute Gasteiger partial charge is 0.136 e. The number of aliphatic hydroxyl groups excluding tert-OH is 1. The van der Waals surface area contributed by atoms with Crippen molar-refractivity contribution in [3.63, 3.8) is 0 Å². The highest BCUT2D eigenvalue weighted by atomic mass is 35.5. The van der Waals surface area contributed by atoms with Gasteiger partial charge in [0, 0.05) is 62.0 Å². The fourth-order valence-corrected chi connectivity index (χ4v) is 4.08. The first-order chi connectivity index (χ1) is 15.0. The Balaban J connectivity index is 1.61. The first-order valence-electron chi connectivity index (χ1n) is 11.3. The van der Waals surface area contributed by atoms with Crippen LogP contribution in [-0.4, -0.2) is 72.0 Å². The second-order valence-electron chi connectivity index (χ2n) is 8.33. The van der Waals surface area contributed by atoms with Gasteiger partial charge in [-0.3, -0.25) is 4.90 Å². The third-order valence-corrected chi connectivity index (χ3v) is 5.94. The lowest BCUT2D eigenvalue weighted by Gasteiger charge is -2.37. The van der Waals surface area contributed by atoms with Gasteiger partial charge in [0.05, 0.1) is 12.7 Å². The Labute approximate surface area is 191 Å². The Morgan fingerprint density at radius 2 is 1.81 bits per heavy atom. The summed E-state index contributed by atoms with van der Waals surface area (Å²) in [5, 5.41) is 11.0. The number of unbranched alkanes of at least 4 members (excludes halogenated alkanes) is 1. The minimum atomic E-state index is -0.438. The molecule has 0 bridgehead atoms. The third-order valence-electron chi connectivity index (χ3n) is 5.69. The predicted octanol–water partition coefficient (Wildman–Crippen LogP) is 3.64. The number of β-amino-alcohol motifs (C(OH)–C–C–N with tert-alkyl or cyclic N) is 1. The monoisotopic (exact) mass is 446 g/mol. The van der Waals surface area contributed by atoms with Crippen molar-refractivity contribution in [2.45, 2.75) is 46.1 Å². The first-order valence-corrected chi connectivity index (χ1v) is 11.7. The van der Waals surface area contributed by atoms with E-state index in [0.717, 1.165) is 74.4 Å². The van der Waals surface area contributed by atoms with Crippen LogP contribution in [-0.2, 0) is 11.2 Å². The topological polar surface area (TPSA) is 61.7 Å². The molecule has 7 heteroatoms. The van der Waals surface area contributed by atoms with Gasteiger partial charge in [0.15, 0.2) is 0 Å². The molecule has 1 fully saturated rings. The highest BCUT2D eigenvalue weighted by Gasteiger charge is 2.23. The van der Waals surface area contributed by atoms with Crippen molar-refractivity contribution in [1.29, 1.82) is 0 Å². The van der Waals surface area contributed by atoms with E-state index in [1.807, 2.05) is 19.1 Å². The number of halogens is 1. The lowest BCUT2D eigenvalue weighted by Crippen LogP contribution is -2.49. The van der Waals surface area contributed by atoms with E-state index in [2.05, 4.69) is 40.8 Å². The highest BCUT2D eigenvalue weighted by Crippen LogP contribution is 2.25. The molecule has 0 aliphatic carbocycles. The summed E-state index contributed by atoms with van der Waals surface area (Å²) in [6.07, 6.45) is 2.50. The first kappa shape index (κ1) is 23.9. The summed E-state index contributed by atoms with van der Waals surface area (Å²) in [7, 11) is 0. The summed E-state index contributed by atoms with van der Waals surface area (Å²) >= 11 is 6.05. The van der Waals surface area contributed by atoms with Crippen LogP contribution in [0.5, 0.6) is 0 Å². The SMILES string of the molecule is CCCCOCC(O)CN1CCN(c2nc(C)nc(C)c2Cc2ccc(Cl)cc2)CC1. The molecule has 1 aliphatic heterocycles. The van der Waals surface area contributed by atoms with Crippen molar-refractivity contribution in [1.82, 2.24) is 14.9 Å². The van der Waals surface area contributed by atoms with E-state index in [0.29, 0.717) is 13.2 Å². The molecule has 1 aromatic heterocycles. The van der Waals surface area contributed by atoms with Crippen LogP contribution in [0.15, 0.2) is 24.3 Å². The largest absolute Gasteiger partial charge is 0.389 e. The summed E-state index contributed by atoms with van der Waals surface area (Å²) in [6, 6.07) is 7.98. The molecule has 1 aliphatic rings. The van der Waals surface area contributed by atoms with Gasteiger partial charge in [-0.2, -0.15) is 0 Å². The number of aromatic nitrogens is 2. The molecule has 1 unspecified atom stereocenters. The quantitative estimate of drug-likeness (QED) is 0.562. The fourth-order valence-electron chi connectivity index (χ4n) is 3.95. The van der Waals surface area contributed by atoms with Crippen LogP contribution in [0, 0.1) is 13.8 Å². The molecule has 0 radical (unpaired) electrons. The van der Waals surface area contributed by atoms with Gasteiger partial charge in [0.25, 0.3) is 0 Å². The van der Waals surface area contributed by atoms with Gasteiger partial charge < -0.3 is 14.7 Å². The molecule has 170 valence electrons. The lowest BCUT2D eigenvalue weighted by molar-refractivity contribution is 0.0150. The van der Waals surface area contributed by atoms with Crippen LogP contribution in [0.3, 0.4) is 0 Å². The summed E-state index contributed by atoms with van der Waals surface area (Å²) in [4.78, 5) is 14.1. The number of piperazine rings is 1. The molecule has 1 saturated heterocycles. The fraction of sp³-hybridized carbons (Fsp3) is 0.583. The number of hydrogen-bond acceptors (Lipinski definition) is 6. The normalized spacial score (nSPS) is 16.0. The number of nitrogens with zero attached hydrogens (tertiary/aromatic N) is 4. The van der Waals surface area contributed by atoms with E-state index in [1.54, 1.807) is 0 Å². The van der Waals surface area contributed by atoms with Crippen molar-refractivity contribution in [2.75, 3.05) is 50.8 Å². The molecule has 1 aromatic carbocycles. The van der Waals surface area contributed by atoms with Crippen LogP contribution in [0.1, 0.15) is 42.4 Å². The number of benzene rings is 1. The van der Waals surface area contributed by atoms with Crippen LogP contribution in [0.25, 0.3) is 0 Å². The maximum absolute atomic E-state index is 10.3. The molecule has 2 heterocycles. The molecule has 0 spiro atoms. The Bertz CT molecular complexity index is 823. The number of ether oxygens (including phenoxy) is 1. The maximum Gasteiger partial charge on any atom is 0.136 e. The zero-order chi connectivity index (χ0) is 22.2. The molecule has 31 heavy (non-hydrogen) atoms. The average Bonchev–Trinajstić information content (AvgIpc) is 2.75. The van der Waals surface area contributed by atoms with Gasteiger partial charge in [-0.15, -0.1) is 0 Å². The zero-order valence-corrected chi connectivity index (χ0v) is 19.7. The molecule has 0 amide bonds. The standard InChI is InChI=1S/C24H35ClN4O2/c1-4-5-14-31-17-22(30)16-28-10-12-29(13-11-28)24-23(18(2)26-19(3)27-24)15-20-6-8-21(25)9-7-20/h6-9,22,30H,4-5,10-17H2,1-3H3. The maximum atomic E-state index is 10.3. The van der Waals surface area contributed by atoms with Crippen molar-refractivity contribution in [3.8, 4) is 0 Å². The minimum Gasteiger partial charge on any atom is -0.389 e. The summed E-state index contributed by atoms with van der Waals surface area (Å²) in [5.74, 6) is 1.83. The Morgan fingerprint density at radius 3 is 2.48 bits per heavy atom. The number of anilines is 1. The van der Waals surface area contributed by atoms with Crippen LogP contribution in [0.2, 0.25) is 5.02 Å². The molecule has 0 saturated carbocycles. The van der Waals surface area contributed by atoms with E-state index in [-0.39, 0.29) is 0 Å². The van der Waals surface area contributed by atoms with Gasteiger partial charge >= 0.3 is 0 Å². The van der Waals surface area contributed by atoms with Crippen LogP contribution in [0.4, 0.5) is 5.82 Å². The van der Waals surface area contributed by atoms with Crippen molar-refractivity contribution < 1.29 is 9.84 Å². The Hall–Kier alpha value is -1.73. The number of hydrogen-bond donors (Lipinski definition) is 1. The molecular formula is C24H35ClN4O2. The van der Waals surface area contributed by atoms with Gasteiger partial charge in [0.1, 0.15) is 11.6 Å². The van der Waals surface area contributed by atoms with E-state index in [1.165, 1.54) is 11.1 Å². The van der Waals surface area contributed by atoms with Crippen LogP contribution < -0.4 is 4.90 Å². The van der Waals surface area contributed by atoms with Crippen molar-refractivity contribution in [3.05, 3.63) is 51.9 Å². The van der Waals surface area contributed by atoms with Crippen LogP contribution >= 0.6 is 11.6 Å². The third kappa shape index (κ3) is 7.14.